The highest BCUT2D eigenvalue weighted by Crippen LogP contribution is 2.35. The lowest BCUT2D eigenvalue weighted by molar-refractivity contribution is -0.697. The van der Waals surface area contributed by atoms with Crippen molar-refractivity contribution in [1.82, 2.24) is 0 Å². The summed E-state index contributed by atoms with van der Waals surface area (Å²) in [6, 6.07) is 8.35. The van der Waals surface area contributed by atoms with Crippen LogP contribution in [0, 0.1) is 0 Å². The smallest absolute Gasteiger partial charge is 0.324 e. The van der Waals surface area contributed by atoms with Crippen LogP contribution < -0.4 is 9.13 Å². The zero-order valence-corrected chi connectivity index (χ0v) is 13.7. The minimum absolute atomic E-state index is 0.0119. The van der Waals surface area contributed by atoms with Crippen molar-refractivity contribution in [3.63, 3.8) is 0 Å². The Bertz CT molecular complexity index is 635. The molecule has 0 bridgehead atoms. The molecule has 0 aliphatic carbocycles. The van der Waals surface area contributed by atoms with Gasteiger partial charge in [0, 0.05) is 36.8 Å². The number of hydrogen-bond donors (Lipinski definition) is 2. The molecule has 2 rings (SSSR count). The zero-order valence-electron chi connectivity index (χ0n) is 12.8. The molecule has 6 heteroatoms. The third kappa shape index (κ3) is 5.68. The Kier molecular flexibility index (Phi) is 5.83. The summed E-state index contributed by atoms with van der Waals surface area (Å²) >= 11 is 0. The van der Waals surface area contributed by atoms with Crippen molar-refractivity contribution in [2.45, 2.75) is 25.8 Å². The first-order chi connectivity index (χ1) is 10.4. The first kappa shape index (κ1) is 16.8. The molecule has 0 spiro atoms. The highest BCUT2D eigenvalue weighted by Gasteiger charge is 2.11. The lowest BCUT2D eigenvalue weighted by Crippen LogP contribution is -2.32. The van der Waals surface area contributed by atoms with Gasteiger partial charge in [-0.3, -0.25) is 4.57 Å². The van der Waals surface area contributed by atoms with E-state index in [1.807, 2.05) is 36.4 Å². The van der Waals surface area contributed by atoms with E-state index in [1.165, 1.54) is 11.1 Å². The number of pyridine rings is 2. The maximum atomic E-state index is 10.7. The fraction of sp³-hybridized carbons (Fsp3) is 0.375. The minimum atomic E-state index is -3.83. The highest BCUT2D eigenvalue weighted by molar-refractivity contribution is 7.51. The molecule has 5 nitrogen and oxygen atoms in total. The molecule has 0 amide bonds. The van der Waals surface area contributed by atoms with Gasteiger partial charge in [-0.1, -0.05) is 0 Å². The zero-order chi connectivity index (χ0) is 16.0. The molecule has 22 heavy (non-hydrogen) atoms. The molecule has 118 valence electrons. The monoisotopic (exact) mass is 322 g/mol. The van der Waals surface area contributed by atoms with E-state index in [0.717, 1.165) is 19.4 Å². The van der Waals surface area contributed by atoms with E-state index in [-0.39, 0.29) is 6.16 Å². The first-order valence-corrected chi connectivity index (χ1v) is 9.23. The van der Waals surface area contributed by atoms with Crippen LogP contribution in [0.2, 0.25) is 0 Å². The number of aryl methyl sites for hydroxylation is 2. The van der Waals surface area contributed by atoms with Gasteiger partial charge in [-0.2, -0.15) is 0 Å². The summed E-state index contributed by atoms with van der Waals surface area (Å²) in [5, 5.41) is 0. The van der Waals surface area contributed by atoms with E-state index in [1.54, 1.807) is 0 Å². The number of unbranched alkanes of at least 4 members (excludes halogenated alkanes) is 2. The lowest BCUT2D eigenvalue weighted by Gasteiger charge is -2.03. The second kappa shape index (κ2) is 7.63. The molecule has 2 heterocycles. The molecular weight excluding hydrogens is 299 g/mol. The van der Waals surface area contributed by atoms with Crippen molar-refractivity contribution >= 4 is 7.60 Å². The molecule has 0 fully saturated rings. The van der Waals surface area contributed by atoms with Crippen molar-refractivity contribution in [2.24, 2.45) is 7.05 Å². The largest absolute Gasteiger partial charge is 0.325 e. The molecule has 0 radical (unpaired) electrons. The average Bonchev–Trinajstić information content (AvgIpc) is 2.47. The number of hydrogen-bond acceptors (Lipinski definition) is 1. The topological polar surface area (TPSA) is 65.3 Å². The molecule has 0 saturated heterocycles. The highest BCUT2D eigenvalue weighted by atomic mass is 31.2. The molecule has 2 N–H and O–H groups in total. The Hall–Kier alpha value is -1.55. The Labute approximate surface area is 131 Å². The maximum Gasteiger partial charge on any atom is 0.325 e. The molecular formula is C16H23N2O3P+2. The summed E-state index contributed by atoms with van der Waals surface area (Å²) in [6.07, 6.45) is 10.5. The van der Waals surface area contributed by atoms with Gasteiger partial charge in [-0.15, -0.1) is 0 Å². The standard InChI is InChI=1S/C16H21N2O3P/c1-17-10-5-15(6-11-17)16-7-12-18(13-8-16)9-3-2-4-14-22(19,20)21/h5-8,10-13H,2-4,9,14H2,1H3/p+2. The fourth-order valence-electron chi connectivity index (χ4n) is 2.28. The summed E-state index contributed by atoms with van der Waals surface area (Å²) in [6.45, 7) is 0.866. The van der Waals surface area contributed by atoms with Crippen molar-refractivity contribution < 1.29 is 23.5 Å². The van der Waals surface area contributed by atoms with Gasteiger partial charge >= 0.3 is 7.60 Å². The Morgan fingerprint density at radius 1 is 0.909 bits per heavy atom. The SMILES string of the molecule is C[n+]1ccc(-c2cc[n+](CCCCCP(=O)(O)O)cc2)cc1. The molecule has 0 unspecified atom stereocenters. The van der Waals surface area contributed by atoms with E-state index in [4.69, 9.17) is 9.79 Å². The lowest BCUT2D eigenvalue weighted by atomic mass is 10.1. The Balaban J connectivity index is 1.82. The second-order valence-electron chi connectivity index (χ2n) is 5.53. The van der Waals surface area contributed by atoms with Crippen LogP contribution in [0.15, 0.2) is 49.1 Å². The van der Waals surface area contributed by atoms with Crippen LogP contribution in [0.4, 0.5) is 0 Å². The van der Waals surface area contributed by atoms with Crippen LogP contribution in [0.1, 0.15) is 19.3 Å². The summed E-state index contributed by atoms with van der Waals surface area (Å²) < 4.78 is 14.9. The van der Waals surface area contributed by atoms with Gasteiger partial charge in [0.15, 0.2) is 24.8 Å². The quantitative estimate of drug-likeness (QED) is 0.464. The second-order valence-corrected chi connectivity index (χ2v) is 7.30. The van der Waals surface area contributed by atoms with E-state index in [2.05, 4.69) is 28.8 Å². The summed E-state index contributed by atoms with van der Waals surface area (Å²) in [7, 11) is -1.84. The first-order valence-electron chi connectivity index (χ1n) is 7.43. The normalized spacial score (nSPS) is 11.6. The van der Waals surface area contributed by atoms with Gasteiger partial charge in [0.05, 0.1) is 0 Å². The molecule has 0 aromatic carbocycles. The Morgan fingerprint density at radius 2 is 1.45 bits per heavy atom. The summed E-state index contributed by atoms with van der Waals surface area (Å²) in [4.78, 5) is 17.6. The van der Waals surface area contributed by atoms with E-state index in [9.17, 15) is 4.57 Å². The third-order valence-corrected chi connectivity index (χ3v) is 4.47. The molecule has 0 aliphatic rings. The third-order valence-electron chi connectivity index (χ3n) is 3.57. The van der Waals surface area contributed by atoms with E-state index >= 15 is 0 Å². The van der Waals surface area contributed by atoms with Gasteiger partial charge in [-0.05, 0) is 24.0 Å². The predicted molar refractivity (Wildman–Crippen MR) is 84.0 cm³/mol. The molecule has 0 saturated carbocycles. The van der Waals surface area contributed by atoms with Crippen molar-refractivity contribution in [3.8, 4) is 11.1 Å². The van der Waals surface area contributed by atoms with Gasteiger partial charge in [-0.25, -0.2) is 9.13 Å². The molecule has 0 atom stereocenters. The van der Waals surface area contributed by atoms with Gasteiger partial charge in [0.2, 0.25) is 0 Å². The van der Waals surface area contributed by atoms with Crippen LogP contribution in [0.5, 0.6) is 0 Å². The van der Waals surface area contributed by atoms with Crippen LogP contribution >= 0.6 is 7.60 Å². The van der Waals surface area contributed by atoms with E-state index in [0.29, 0.717) is 6.42 Å². The summed E-state index contributed by atoms with van der Waals surface area (Å²) in [5.74, 6) is 0. The number of rotatable bonds is 7. The average molecular weight is 322 g/mol. The van der Waals surface area contributed by atoms with Gasteiger partial charge in [0.1, 0.15) is 13.6 Å². The molecule has 2 aromatic heterocycles. The fourth-order valence-corrected chi connectivity index (χ4v) is 2.92. The number of aromatic nitrogens is 2. The summed E-state index contributed by atoms with van der Waals surface area (Å²) in [5.41, 5.74) is 2.37. The van der Waals surface area contributed by atoms with E-state index < -0.39 is 7.60 Å². The number of nitrogens with zero attached hydrogens (tertiary/aromatic N) is 2. The molecule has 2 aromatic rings. The maximum absolute atomic E-state index is 10.7. The molecule has 0 aliphatic heterocycles. The van der Waals surface area contributed by atoms with Crippen LogP contribution in [0.3, 0.4) is 0 Å². The predicted octanol–water partition coefficient (Wildman–Crippen LogP) is 1.81. The Morgan fingerprint density at radius 3 is 2.00 bits per heavy atom. The van der Waals surface area contributed by atoms with Crippen LogP contribution in [-0.4, -0.2) is 15.9 Å². The van der Waals surface area contributed by atoms with Crippen LogP contribution in [-0.2, 0) is 18.2 Å². The van der Waals surface area contributed by atoms with Gasteiger partial charge in [0.25, 0.3) is 0 Å². The van der Waals surface area contributed by atoms with Crippen molar-refractivity contribution in [2.75, 3.05) is 6.16 Å². The van der Waals surface area contributed by atoms with Gasteiger partial charge < -0.3 is 9.79 Å². The van der Waals surface area contributed by atoms with Crippen LogP contribution in [0.25, 0.3) is 11.1 Å². The minimum Gasteiger partial charge on any atom is -0.324 e. The van der Waals surface area contributed by atoms with Crippen molar-refractivity contribution in [3.05, 3.63) is 49.1 Å². The van der Waals surface area contributed by atoms with Crippen molar-refractivity contribution in [1.29, 1.82) is 0 Å².